The van der Waals surface area contributed by atoms with E-state index >= 15 is 0 Å². The summed E-state index contributed by atoms with van der Waals surface area (Å²) in [6.07, 6.45) is 7.31. The van der Waals surface area contributed by atoms with Crippen LogP contribution in [0, 0.1) is 0 Å². The molecule has 0 N–H and O–H groups in total. The normalized spacial score (nSPS) is 15.4. The molecule has 2 rings (SSSR count). The van der Waals surface area contributed by atoms with Gasteiger partial charge in [-0.2, -0.15) is 0 Å². The topological polar surface area (TPSA) is 29.5 Å². The van der Waals surface area contributed by atoms with E-state index in [9.17, 15) is 4.79 Å². The van der Waals surface area contributed by atoms with E-state index in [1.54, 1.807) is 18.2 Å². The lowest BCUT2D eigenvalue weighted by Gasteiger charge is -2.33. The SMILES string of the molecule is CCN(C(=O)CCCOc1ccc(Cl)cc1Cl)C1CCCCC1. The number of carbonyl (C=O) groups excluding carboxylic acids is 1. The third-order valence-corrected chi connectivity index (χ3v) is 4.89. The van der Waals surface area contributed by atoms with Crippen LogP contribution in [0.1, 0.15) is 51.9 Å². The minimum Gasteiger partial charge on any atom is -0.492 e. The number of nitrogens with zero attached hydrogens (tertiary/aromatic N) is 1. The highest BCUT2D eigenvalue weighted by atomic mass is 35.5. The summed E-state index contributed by atoms with van der Waals surface area (Å²) in [7, 11) is 0. The van der Waals surface area contributed by atoms with Gasteiger partial charge in [-0.3, -0.25) is 4.79 Å². The van der Waals surface area contributed by atoms with Crippen LogP contribution in [-0.4, -0.2) is 30.0 Å². The molecule has 0 unspecified atom stereocenters. The van der Waals surface area contributed by atoms with Crippen molar-refractivity contribution in [3.05, 3.63) is 28.2 Å². The number of rotatable bonds is 7. The van der Waals surface area contributed by atoms with E-state index in [0.717, 1.165) is 19.4 Å². The predicted octanol–water partition coefficient (Wildman–Crippen LogP) is 5.33. The molecule has 5 heteroatoms. The second-order valence-corrected chi connectivity index (χ2v) is 6.84. The molecule has 0 spiro atoms. The number of benzene rings is 1. The molecule has 23 heavy (non-hydrogen) atoms. The Bertz CT molecular complexity index is 516. The highest BCUT2D eigenvalue weighted by Crippen LogP contribution is 2.28. The molecule has 1 aliphatic rings. The van der Waals surface area contributed by atoms with Gasteiger partial charge in [0.05, 0.1) is 11.6 Å². The molecule has 1 aliphatic carbocycles. The Morgan fingerprint density at radius 2 is 2.00 bits per heavy atom. The van der Waals surface area contributed by atoms with E-state index in [4.69, 9.17) is 27.9 Å². The zero-order valence-electron chi connectivity index (χ0n) is 13.7. The van der Waals surface area contributed by atoms with Crippen molar-refractivity contribution in [2.75, 3.05) is 13.2 Å². The number of hydrogen-bond acceptors (Lipinski definition) is 2. The highest BCUT2D eigenvalue weighted by Gasteiger charge is 2.23. The largest absolute Gasteiger partial charge is 0.492 e. The van der Waals surface area contributed by atoms with E-state index in [2.05, 4.69) is 11.8 Å². The summed E-state index contributed by atoms with van der Waals surface area (Å²) in [5.41, 5.74) is 0. The molecule has 0 bridgehead atoms. The molecule has 0 atom stereocenters. The second kappa shape index (κ2) is 9.39. The fraction of sp³-hybridized carbons (Fsp3) is 0.611. The maximum atomic E-state index is 12.4. The van der Waals surface area contributed by atoms with Crippen LogP contribution in [0.4, 0.5) is 0 Å². The first-order valence-corrected chi connectivity index (χ1v) is 9.24. The summed E-state index contributed by atoms with van der Waals surface area (Å²) in [6.45, 7) is 3.35. The van der Waals surface area contributed by atoms with E-state index in [0.29, 0.717) is 41.3 Å². The summed E-state index contributed by atoms with van der Waals surface area (Å²) in [5, 5.41) is 1.09. The van der Waals surface area contributed by atoms with Crippen molar-refractivity contribution in [2.45, 2.75) is 57.9 Å². The lowest BCUT2D eigenvalue weighted by atomic mass is 9.94. The van der Waals surface area contributed by atoms with Crippen molar-refractivity contribution >= 4 is 29.1 Å². The van der Waals surface area contributed by atoms with Crippen LogP contribution in [0.15, 0.2) is 18.2 Å². The molecule has 3 nitrogen and oxygen atoms in total. The van der Waals surface area contributed by atoms with Gasteiger partial charge in [0.2, 0.25) is 5.91 Å². The van der Waals surface area contributed by atoms with Crippen LogP contribution in [-0.2, 0) is 4.79 Å². The molecule has 0 radical (unpaired) electrons. The Hall–Kier alpha value is -0.930. The van der Waals surface area contributed by atoms with Gasteiger partial charge in [0.1, 0.15) is 5.75 Å². The minimum absolute atomic E-state index is 0.241. The van der Waals surface area contributed by atoms with Crippen molar-refractivity contribution in [1.29, 1.82) is 0 Å². The van der Waals surface area contributed by atoms with E-state index < -0.39 is 0 Å². The molecular formula is C18H25Cl2NO2. The van der Waals surface area contributed by atoms with Crippen molar-refractivity contribution in [3.8, 4) is 5.75 Å². The smallest absolute Gasteiger partial charge is 0.222 e. The Kier molecular flexibility index (Phi) is 7.51. The van der Waals surface area contributed by atoms with Crippen LogP contribution in [0.25, 0.3) is 0 Å². The van der Waals surface area contributed by atoms with Gasteiger partial charge in [0.25, 0.3) is 0 Å². The van der Waals surface area contributed by atoms with Gasteiger partial charge in [-0.05, 0) is 44.4 Å². The third kappa shape index (κ3) is 5.58. The zero-order chi connectivity index (χ0) is 16.7. The molecular weight excluding hydrogens is 333 g/mol. The van der Waals surface area contributed by atoms with Crippen LogP contribution >= 0.6 is 23.2 Å². The van der Waals surface area contributed by atoms with Gasteiger partial charge >= 0.3 is 0 Å². The fourth-order valence-electron chi connectivity index (χ4n) is 3.17. The molecule has 0 heterocycles. The van der Waals surface area contributed by atoms with E-state index in [1.165, 1.54) is 19.3 Å². The zero-order valence-corrected chi connectivity index (χ0v) is 15.2. The lowest BCUT2D eigenvalue weighted by Crippen LogP contribution is -2.41. The van der Waals surface area contributed by atoms with E-state index in [1.807, 2.05) is 0 Å². The van der Waals surface area contributed by atoms with E-state index in [-0.39, 0.29) is 5.91 Å². The van der Waals surface area contributed by atoms with Gasteiger partial charge in [0.15, 0.2) is 0 Å². The van der Waals surface area contributed by atoms with Gasteiger partial charge < -0.3 is 9.64 Å². The summed E-state index contributed by atoms with van der Waals surface area (Å²) in [5.74, 6) is 0.855. The van der Waals surface area contributed by atoms with Gasteiger partial charge in [-0.25, -0.2) is 0 Å². The molecule has 1 fully saturated rings. The average Bonchev–Trinajstić information content (AvgIpc) is 2.55. The molecule has 0 aliphatic heterocycles. The standard InChI is InChI=1S/C18H25Cl2NO2/c1-2-21(15-7-4-3-5-8-15)18(22)9-6-12-23-17-11-10-14(19)13-16(17)20/h10-11,13,15H,2-9,12H2,1H3. The van der Waals surface area contributed by atoms with Crippen LogP contribution in [0.3, 0.4) is 0 Å². The van der Waals surface area contributed by atoms with Crippen molar-refractivity contribution in [2.24, 2.45) is 0 Å². The number of hydrogen-bond donors (Lipinski definition) is 0. The van der Waals surface area contributed by atoms with Gasteiger partial charge in [-0.1, -0.05) is 42.5 Å². The Morgan fingerprint density at radius 3 is 2.65 bits per heavy atom. The quantitative estimate of drug-likeness (QED) is 0.616. The Morgan fingerprint density at radius 1 is 1.26 bits per heavy atom. The third-order valence-electron chi connectivity index (χ3n) is 4.36. The first-order valence-electron chi connectivity index (χ1n) is 8.49. The Balaban J connectivity index is 1.74. The average molecular weight is 358 g/mol. The van der Waals surface area contributed by atoms with Crippen LogP contribution < -0.4 is 4.74 Å². The van der Waals surface area contributed by atoms with Crippen molar-refractivity contribution < 1.29 is 9.53 Å². The maximum Gasteiger partial charge on any atom is 0.222 e. The molecule has 128 valence electrons. The summed E-state index contributed by atoms with van der Waals surface area (Å²) in [4.78, 5) is 14.5. The van der Waals surface area contributed by atoms with Gasteiger partial charge in [0, 0.05) is 24.0 Å². The summed E-state index contributed by atoms with van der Waals surface area (Å²) in [6, 6.07) is 5.60. The second-order valence-electron chi connectivity index (χ2n) is 6.00. The molecule has 1 aromatic carbocycles. The highest BCUT2D eigenvalue weighted by molar-refractivity contribution is 6.35. The minimum atomic E-state index is 0.241. The first kappa shape index (κ1) is 18.4. The monoisotopic (exact) mass is 357 g/mol. The molecule has 1 aromatic rings. The molecule has 0 aromatic heterocycles. The molecule has 1 amide bonds. The van der Waals surface area contributed by atoms with Crippen molar-refractivity contribution in [3.63, 3.8) is 0 Å². The summed E-state index contributed by atoms with van der Waals surface area (Å²) < 4.78 is 5.64. The van der Waals surface area contributed by atoms with Gasteiger partial charge in [-0.15, -0.1) is 0 Å². The summed E-state index contributed by atoms with van der Waals surface area (Å²) >= 11 is 11.9. The number of halogens is 2. The maximum absolute atomic E-state index is 12.4. The predicted molar refractivity (Wildman–Crippen MR) is 95.5 cm³/mol. The first-order chi connectivity index (χ1) is 11.1. The number of amides is 1. The van der Waals surface area contributed by atoms with Crippen LogP contribution in [0.2, 0.25) is 10.0 Å². The number of ether oxygens (including phenoxy) is 1. The van der Waals surface area contributed by atoms with Crippen LogP contribution in [0.5, 0.6) is 5.75 Å². The van der Waals surface area contributed by atoms with Crippen molar-refractivity contribution in [1.82, 2.24) is 4.90 Å². The lowest BCUT2D eigenvalue weighted by molar-refractivity contribution is -0.134. The molecule has 1 saturated carbocycles. The Labute approximate surface area is 148 Å². The fourth-order valence-corrected chi connectivity index (χ4v) is 3.64. The molecule has 0 saturated heterocycles. The number of carbonyl (C=O) groups is 1.